The standard InChI is InChI=1S/C18H18I2N2O4S/c1-2-26-16-12(19)7-11(8-13(16)20)9-14-17(24)22(18(25)27-14)10-15(23)21-5-3-4-6-21/h7-9H,2-6,10H2,1H3/b14-9+. The van der Waals surface area contributed by atoms with E-state index in [0.29, 0.717) is 24.6 Å². The Balaban J connectivity index is 1.77. The molecule has 0 aromatic heterocycles. The van der Waals surface area contributed by atoms with Gasteiger partial charge in [-0.3, -0.25) is 19.3 Å². The molecule has 3 amide bonds. The molecule has 0 spiro atoms. The van der Waals surface area contributed by atoms with Crippen molar-refractivity contribution in [3.63, 3.8) is 0 Å². The average Bonchev–Trinajstić information content (AvgIpc) is 3.23. The molecular weight excluding hydrogens is 594 g/mol. The SMILES string of the molecule is CCOc1c(I)cc(/C=C2/SC(=O)N(CC(=O)N3CCCC3)C2=O)cc1I. The molecule has 2 heterocycles. The zero-order chi connectivity index (χ0) is 19.6. The van der Waals surface area contributed by atoms with Gasteiger partial charge in [-0.05, 0) is 100 Å². The van der Waals surface area contributed by atoms with Gasteiger partial charge in [0.05, 0.1) is 18.7 Å². The number of imide groups is 1. The van der Waals surface area contributed by atoms with Crippen LogP contribution in [0, 0.1) is 7.14 Å². The minimum absolute atomic E-state index is 0.166. The summed E-state index contributed by atoms with van der Waals surface area (Å²) < 4.78 is 7.51. The molecule has 2 aliphatic rings. The summed E-state index contributed by atoms with van der Waals surface area (Å²) in [4.78, 5) is 40.2. The van der Waals surface area contributed by atoms with Crippen LogP contribution >= 0.6 is 56.9 Å². The maximum Gasteiger partial charge on any atom is 0.294 e. The Bertz CT molecular complexity index is 799. The monoisotopic (exact) mass is 612 g/mol. The molecule has 1 aromatic rings. The van der Waals surface area contributed by atoms with E-state index < -0.39 is 11.1 Å². The number of likely N-dealkylation sites (tertiary alicyclic amines) is 1. The minimum atomic E-state index is -0.406. The molecule has 0 N–H and O–H groups in total. The van der Waals surface area contributed by atoms with E-state index in [-0.39, 0.29) is 12.5 Å². The van der Waals surface area contributed by atoms with Crippen LogP contribution in [0.4, 0.5) is 4.79 Å². The van der Waals surface area contributed by atoms with Crippen molar-refractivity contribution in [1.82, 2.24) is 9.80 Å². The van der Waals surface area contributed by atoms with E-state index in [4.69, 9.17) is 4.74 Å². The third-order valence-corrected chi connectivity index (χ3v) is 6.74. The van der Waals surface area contributed by atoms with Crippen LogP contribution < -0.4 is 4.74 Å². The van der Waals surface area contributed by atoms with E-state index in [1.165, 1.54) is 0 Å². The molecule has 2 aliphatic heterocycles. The Labute approximate surface area is 189 Å². The molecule has 0 unspecified atom stereocenters. The van der Waals surface area contributed by atoms with Gasteiger partial charge in [-0.25, -0.2) is 0 Å². The first-order valence-corrected chi connectivity index (χ1v) is 11.5. The molecule has 6 nitrogen and oxygen atoms in total. The number of rotatable bonds is 5. The Kier molecular flexibility index (Phi) is 7.06. The smallest absolute Gasteiger partial charge is 0.294 e. The lowest BCUT2D eigenvalue weighted by atomic mass is 10.2. The second-order valence-corrected chi connectivity index (χ2v) is 9.42. The number of benzene rings is 1. The van der Waals surface area contributed by atoms with Gasteiger partial charge in [0.2, 0.25) is 5.91 Å². The summed E-state index contributed by atoms with van der Waals surface area (Å²) in [5.74, 6) is 0.248. The van der Waals surface area contributed by atoms with Crippen molar-refractivity contribution in [3.05, 3.63) is 29.7 Å². The van der Waals surface area contributed by atoms with Crippen molar-refractivity contribution >= 4 is 80.1 Å². The number of hydrogen-bond donors (Lipinski definition) is 0. The Hall–Kier alpha value is -0.820. The first kappa shape index (κ1) is 20.9. The van der Waals surface area contributed by atoms with Gasteiger partial charge in [0, 0.05) is 13.1 Å². The molecule has 0 saturated carbocycles. The normalized spacial score (nSPS) is 18.7. The molecule has 1 aromatic carbocycles. The van der Waals surface area contributed by atoms with E-state index >= 15 is 0 Å². The number of hydrogen-bond acceptors (Lipinski definition) is 5. The summed E-state index contributed by atoms with van der Waals surface area (Å²) in [7, 11) is 0. The van der Waals surface area contributed by atoms with Gasteiger partial charge >= 0.3 is 0 Å². The molecule has 2 saturated heterocycles. The lowest BCUT2D eigenvalue weighted by Crippen LogP contribution is -2.40. The topological polar surface area (TPSA) is 66.9 Å². The molecule has 2 fully saturated rings. The van der Waals surface area contributed by atoms with Gasteiger partial charge in [0.15, 0.2) is 0 Å². The fourth-order valence-electron chi connectivity index (χ4n) is 2.93. The van der Waals surface area contributed by atoms with Crippen molar-refractivity contribution in [1.29, 1.82) is 0 Å². The number of nitrogens with zero attached hydrogens (tertiary/aromatic N) is 2. The summed E-state index contributed by atoms with van der Waals surface area (Å²) in [6.45, 7) is 3.73. The summed E-state index contributed by atoms with van der Waals surface area (Å²) in [6.07, 6.45) is 3.65. The second kappa shape index (κ2) is 9.12. The van der Waals surface area contributed by atoms with Gasteiger partial charge in [0.1, 0.15) is 12.3 Å². The quantitative estimate of drug-likeness (QED) is 0.373. The number of carbonyl (C=O) groups excluding carboxylic acids is 3. The number of halogens is 2. The third-order valence-electron chi connectivity index (χ3n) is 4.23. The minimum Gasteiger partial charge on any atom is -0.492 e. The highest BCUT2D eigenvalue weighted by molar-refractivity contribution is 14.1. The Morgan fingerprint density at radius 3 is 2.44 bits per heavy atom. The van der Waals surface area contributed by atoms with Crippen LogP contribution in [0.2, 0.25) is 0 Å². The van der Waals surface area contributed by atoms with Crippen LogP contribution in [0.3, 0.4) is 0 Å². The molecule has 0 atom stereocenters. The Morgan fingerprint density at radius 2 is 1.85 bits per heavy atom. The molecule has 144 valence electrons. The molecule has 0 bridgehead atoms. The van der Waals surface area contributed by atoms with Crippen LogP contribution in [0.5, 0.6) is 5.75 Å². The summed E-state index contributed by atoms with van der Waals surface area (Å²) in [6, 6.07) is 3.83. The maximum atomic E-state index is 12.6. The fourth-order valence-corrected chi connectivity index (χ4v) is 5.90. The van der Waals surface area contributed by atoms with Gasteiger partial charge in [-0.15, -0.1) is 0 Å². The first-order chi connectivity index (χ1) is 12.9. The van der Waals surface area contributed by atoms with E-state index in [1.807, 2.05) is 19.1 Å². The number of thioether (sulfide) groups is 1. The largest absolute Gasteiger partial charge is 0.492 e. The highest BCUT2D eigenvalue weighted by Crippen LogP contribution is 2.34. The van der Waals surface area contributed by atoms with Gasteiger partial charge in [-0.1, -0.05) is 0 Å². The van der Waals surface area contributed by atoms with Crippen LogP contribution in [-0.4, -0.2) is 53.1 Å². The van der Waals surface area contributed by atoms with E-state index in [2.05, 4.69) is 45.2 Å². The summed E-state index contributed by atoms with van der Waals surface area (Å²) in [5.41, 5.74) is 0.823. The average molecular weight is 612 g/mol. The van der Waals surface area contributed by atoms with Crippen molar-refractivity contribution in [2.45, 2.75) is 19.8 Å². The number of ether oxygens (including phenoxy) is 1. The van der Waals surface area contributed by atoms with Crippen molar-refractivity contribution in [2.75, 3.05) is 26.2 Å². The highest BCUT2D eigenvalue weighted by Gasteiger charge is 2.37. The van der Waals surface area contributed by atoms with Crippen LogP contribution in [0.25, 0.3) is 6.08 Å². The predicted octanol–water partition coefficient (Wildman–Crippen LogP) is 3.95. The molecule has 9 heteroatoms. The molecule has 27 heavy (non-hydrogen) atoms. The Morgan fingerprint density at radius 1 is 1.22 bits per heavy atom. The van der Waals surface area contributed by atoms with Crippen molar-refractivity contribution in [2.24, 2.45) is 0 Å². The summed E-state index contributed by atoms with van der Waals surface area (Å²) >= 11 is 5.27. The number of carbonyl (C=O) groups is 3. The highest BCUT2D eigenvalue weighted by atomic mass is 127. The van der Waals surface area contributed by atoms with Crippen LogP contribution in [0.1, 0.15) is 25.3 Å². The zero-order valence-corrected chi connectivity index (χ0v) is 19.8. The fraction of sp³-hybridized carbons (Fsp3) is 0.389. The van der Waals surface area contributed by atoms with E-state index in [9.17, 15) is 14.4 Å². The molecule has 3 rings (SSSR count). The first-order valence-electron chi connectivity index (χ1n) is 8.55. The maximum absolute atomic E-state index is 12.6. The van der Waals surface area contributed by atoms with Crippen molar-refractivity contribution < 1.29 is 19.1 Å². The molecule has 0 radical (unpaired) electrons. The second-order valence-electron chi connectivity index (χ2n) is 6.10. The lowest BCUT2D eigenvalue weighted by molar-refractivity contribution is -0.135. The third kappa shape index (κ3) is 4.78. The predicted molar refractivity (Wildman–Crippen MR) is 122 cm³/mol. The van der Waals surface area contributed by atoms with Crippen molar-refractivity contribution in [3.8, 4) is 5.75 Å². The van der Waals surface area contributed by atoms with Gasteiger partial charge in [-0.2, -0.15) is 0 Å². The number of amides is 3. The van der Waals surface area contributed by atoms with Crippen LogP contribution in [-0.2, 0) is 9.59 Å². The summed E-state index contributed by atoms with van der Waals surface area (Å²) in [5, 5.41) is -0.394. The lowest BCUT2D eigenvalue weighted by Gasteiger charge is -2.18. The van der Waals surface area contributed by atoms with E-state index in [0.717, 1.165) is 48.0 Å². The molecule has 0 aliphatic carbocycles. The van der Waals surface area contributed by atoms with Crippen LogP contribution in [0.15, 0.2) is 17.0 Å². The van der Waals surface area contributed by atoms with Gasteiger partial charge < -0.3 is 9.64 Å². The van der Waals surface area contributed by atoms with E-state index in [1.54, 1.807) is 11.0 Å². The molecular formula is C18H18I2N2O4S. The van der Waals surface area contributed by atoms with Gasteiger partial charge in [0.25, 0.3) is 11.1 Å². The zero-order valence-electron chi connectivity index (χ0n) is 14.7.